The van der Waals surface area contributed by atoms with Gasteiger partial charge in [0.2, 0.25) is 5.91 Å². The summed E-state index contributed by atoms with van der Waals surface area (Å²) in [5.41, 5.74) is 1.69. The third-order valence-corrected chi connectivity index (χ3v) is 4.94. The van der Waals surface area contributed by atoms with Crippen molar-refractivity contribution in [2.45, 2.75) is 18.9 Å². The van der Waals surface area contributed by atoms with Crippen LogP contribution < -0.4 is 20.3 Å². The topological polar surface area (TPSA) is 95.2 Å². The van der Waals surface area contributed by atoms with Crippen molar-refractivity contribution in [2.24, 2.45) is 0 Å². The van der Waals surface area contributed by atoms with Crippen molar-refractivity contribution in [3.8, 4) is 5.75 Å². The summed E-state index contributed by atoms with van der Waals surface area (Å²) >= 11 is 0. The van der Waals surface area contributed by atoms with E-state index in [2.05, 4.69) is 30.5 Å². The third kappa shape index (κ3) is 4.00. The number of H-pyrrole nitrogens is 1. The van der Waals surface area contributed by atoms with Crippen LogP contribution in [0.3, 0.4) is 0 Å². The number of nitrogens with one attached hydrogen (secondary N) is 3. The Bertz CT molecular complexity index is 957. The fourth-order valence-electron chi connectivity index (χ4n) is 3.59. The first-order chi connectivity index (χ1) is 13.7. The van der Waals surface area contributed by atoms with Crippen molar-refractivity contribution < 1.29 is 9.53 Å². The van der Waals surface area contributed by atoms with Crippen LogP contribution in [0.15, 0.2) is 42.9 Å². The van der Waals surface area contributed by atoms with Gasteiger partial charge in [0.1, 0.15) is 23.5 Å². The Labute approximate surface area is 163 Å². The molecule has 3 aromatic rings. The van der Waals surface area contributed by atoms with Crippen LogP contribution in [0.25, 0.3) is 11.0 Å². The Hall–Kier alpha value is -3.29. The van der Waals surface area contributed by atoms with Gasteiger partial charge < -0.3 is 25.3 Å². The van der Waals surface area contributed by atoms with Crippen molar-refractivity contribution in [2.75, 3.05) is 37.0 Å². The fourth-order valence-corrected chi connectivity index (χ4v) is 3.59. The molecular formula is C20H24N6O2. The van der Waals surface area contributed by atoms with Gasteiger partial charge in [-0.2, -0.15) is 0 Å². The number of benzene rings is 1. The van der Waals surface area contributed by atoms with E-state index in [1.54, 1.807) is 13.4 Å². The van der Waals surface area contributed by atoms with Crippen LogP contribution >= 0.6 is 0 Å². The van der Waals surface area contributed by atoms with Gasteiger partial charge in [-0.05, 0) is 31.0 Å². The van der Waals surface area contributed by atoms with E-state index in [9.17, 15) is 4.79 Å². The minimum atomic E-state index is -0.0239. The molecule has 8 heteroatoms. The van der Waals surface area contributed by atoms with Crippen LogP contribution in [-0.2, 0) is 4.79 Å². The van der Waals surface area contributed by atoms with Crippen LogP contribution in [-0.4, -0.2) is 53.6 Å². The molecule has 1 aliphatic rings. The predicted molar refractivity (Wildman–Crippen MR) is 109 cm³/mol. The number of piperidine rings is 1. The highest BCUT2D eigenvalue weighted by Crippen LogP contribution is 2.25. The second-order valence-electron chi connectivity index (χ2n) is 6.88. The van der Waals surface area contributed by atoms with Crippen LogP contribution in [0.5, 0.6) is 5.75 Å². The van der Waals surface area contributed by atoms with Gasteiger partial charge in [0.25, 0.3) is 0 Å². The molecule has 0 bridgehead atoms. The Kier molecular flexibility index (Phi) is 5.27. The molecule has 1 atom stereocenters. The molecule has 0 saturated carbocycles. The lowest BCUT2D eigenvalue weighted by Gasteiger charge is -2.34. The fraction of sp³-hybridized carbons (Fsp3) is 0.350. The molecular weight excluding hydrogens is 356 g/mol. The minimum Gasteiger partial charge on any atom is -0.497 e. The predicted octanol–water partition coefficient (Wildman–Crippen LogP) is 2.16. The Morgan fingerprint density at radius 1 is 1.36 bits per heavy atom. The molecule has 2 aromatic heterocycles. The van der Waals surface area contributed by atoms with Gasteiger partial charge in [0.15, 0.2) is 0 Å². The first kappa shape index (κ1) is 18.1. The highest BCUT2D eigenvalue weighted by Gasteiger charge is 2.23. The molecule has 1 fully saturated rings. The van der Waals surface area contributed by atoms with Crippen LogP contribution in [0.1, 0.15) is 12.8 Å². The Morgan fingerprint density at radius 2 is 2.29 bits per heavy atom. The number of ether oxygens (including phenoxy) is 1. The first-order valence-electron chi connectivity index (χ1n) is 9.43. The number of fused-ring (bicyclic) bond motifs is 1. The van der Waals surface area contributed by atoms with Crippen molar-refractivity contribution >= 4 is 28.4 Å². The van der Waals surface area contributed by atoms with Crippen LogP contribution in [0.4, 0.5) is 11.5 Å². The number of hydrogen-bond acceptors (Lipinski definition) is 6. The number of methoxy groups -OCH3 is 1. The summed E-state index contributed by atoms with van der Waals surface area (Å²) in [5.74, 6) is 1.65. The average Bonchev–Trinajstić information content (AvgIpc) is 3.21. The molecule has 3 heterocycles. The lowest BCUT2D eigenvalue weighted by Crippen LogP contribution is -2.49. The molecule has 0 spiro atoms. The van der Waals surface area contributed by atoms with Gasteiger partial charge in [0.05, 0.1) is 19.0 Å². The minimum absolute atomic E-state index is 0.0239. The van der Waals surface area contributed by atoms with Crippen molar-refractivity contribution in [3.63, 3.8) is 0 Å². The number of carbonyl (C=O) groups excluding carboxylic acids is 1. The van der Waals surface area contributed by atoms with Gasteiger partial charge in [-0.15, -0.1) is 0 Å². The zero-order valence-corrected chi connectivity index (χ0v) is 15.8. The van der Waals surface area contributed by atoms with Crippen molar-refractivity contribution in [1.29, 1.82) is 0 Å². The number of aromatic amines is 1. The van der Waals surface area contributed by atoms with Crippen molar-refractivity contribution in [1.82, 2.24) is 20.3 Å². The van der Waals surface area contributed by atoms with E-state index in [4.69, 9.17) is 4.74 Å². The molecule has 1 unspecified atom stereocenters. The number of aromatic nitrogens is 3. The SMILES string of the molecule is COc1cccc(NCC(=O)NC2CCCN(c3ncnc4[nH]ccc34)C2)c1. The summed E-state index contributed by atoms with van der Waals surface area (Å²) in [6.45, 7) is 1.88. The van der Waals surface area contributed by atoms with E-state index in [0.29, 0.717) is 0 Å². The van der Waals surface area contributed by atoms with Crippen LogP contribution in [0.2, 0.25) is 0 Å². The molecule has 1 saturated heterocycles. The van der Waals surface area contributed by atoms with Gasteiger partial charge in [-0.3, -0.25) is 4.79 Å². The maximum absolute atomic E-state index is 12.4. The maximum atomic E-state index is 12.4. The zero-order valence-electron chi connectivity index (χ0n) is 15.8. The van der Waals surface area contributed by atoms with E-state index >= 15 is 0 Å². The van der Waals surface area contributed by atoms with E-state index < -0.39 is 0 Å². The van der Waals surface area contributed by atoms with Crippen LogP contribution in [0, 0.1) is 0 Å². The van der Waals surface area contributed by atoms with E-state index in [-0.39, 0.29) is 18.5 Å². The highest BCUT2D eigenvalue weighted by molar-refractivity contribution is 5.87. The number of anilines is 2. The molecule has 4 rings (SSSR count). The molecule has 1 amide bonds. The molecule has 1 aliphatic heterocycles. The van der Waals surface area contributed by atoms with Gasteiger partial charge in [0, 0.05) is 37.1 Å². The molecule has 1 aromatic carbocycles. The van der Waals surface area contributed by atoms with Gasteiger partial charge >= 0.3 is 0 Å². The molecule has 146 valence electrons. The number of carbonyl (C=O) groups is 1. The number of hydrogen-bond donors (Lipinski definition) is 3. The first-order valence-corrected chi connectivity index (χ1v) is 9.43. The number of amides is 1. The summed E-state index contributed by atoms with van der Waals surface area (Å²) in [6.07, 6.45) is 5.41. The summed E-state index contributed by atoms with van der Waals surface area (Å²) in [7, 11) is 1.62. The smallest absolute Gasteiger partial charge is 0.239 e. The monoisotopic (exact) mass is 380 g/mol. The quantitative estimate of drug-likeness (QED) is 0.607. The Morgan fingerprint density at radius 3 is 3.18 bits per heavy atom. The number of nitrogens with zero attached hydrogens (tertiary/aromatic N) is 3. The second kappa shape index (κ2) is 8.16. The molecule has 3 N–H and O–H groups in total. The third-order valence-electron chi connectivity index (χ3n) is 4.94. The summed E-state index contributed by atoms with van der Waals surface area (Å²) in [4.78, 5) is 26.5. The van der Waals surface area contributed by atoms with Crippen molar-refractivity contribution in [3.05, 3.63) is 42.9 Å². The lowest BCUT2D eigenvalue weighted by molar-refractivity contribution is -0.120. The second-order valence-corrected chi connectivity index (χ2v) is 6.88. The molecule has 0 radical (unpaired) electrons. The maximum Gasteiger partial charge on any atom is 0.239 e. The normalized spacial score (nSPS) is 16.8. The van der Waals surface area contributed by atoms with E-state index in [0.717, 1.165) is 54.2 Å². The summed E-state index contributed by atoms with van der Waals surface area (Å²) in [5, 5.41) is 7.28. The summed E-state index contributed by atoms with van der Waals surface area (Å²) < 4.78 is 5.20. The summed E-state index contributed by atoms with van der Waals surface area (Å²) in [6, 6.07) is 9.63. The largest absolute Gasteiger partial charge is 0.497 e. The number of rotatable bonds is 6. The van der Waals surface area contributed by atoms with E-state index in [1.807, 2.05) is 36.5 Å². The average molecular weight is 380 g/mol. The highest BCUT2D eigenvalue weighted by atomic mass is 16.5. The van der Waals surface area contributed by atoms with Gasteiger partial charge in [-0.25, -0.2) is 9.97 Å². The molecule has 0 aliphatic carbocycles. The molecule has 28 heavy (non-hydrogen) atoms. The zero-order chi connectivity index (χ0) is 19.3. The van der Waals surface area contributed by atoms with Gasteiger partial charge in [-0.1, -0.05) is 6.07 Å². The molecule has 8 nitrogen and oxygen atoms in total. The lowest BCUT2D eigenvalue weighted by atomic mass is 10.1. The Balaban J connectivity index is 1.34. The van der Waals surface area contributed by atoms with E-state index in [1.165, 1.54) is 0 Å². The standard InChI is InChI=1S/C20H24N6O2/c1-28-16-6-2-4-14(10-16)22-11-18(27)25-15-5-3-9-26(12-15)20-17-7-8-21-19(17)23-13-24-20/h2,4,6-8,10,13,15,22H,3,5,9,11-12H2,1H3,(H,25,27)(H,21,23,24).